The summed E-state index contributed by atoms with van der Waals surface area (Å²) in [4.78, 5) is 22.8. The van der Waals surface area contributed by atoms with E-state index in [1.807, 2.05) is 6.92 Å². The van der Waals surface area contributed by atoms with Crippen molar-refractivity contribution in [3.8, 4) is 0 Å². The number of piperidine rings is 1. The Kier molecular flexibility index (Phi) is 4.39. The van der Waals surface area contributed by atoms with Crippen molar-refractivity contribution in [1.82, 2.24) is 4.67 Å². The van der Waals surface area contributed by atoms with Crippen molar-refractivity contribution in [3.05, 3.63) is 0 Å². The number of nitrogens with zero attached hydrogens (tertiary/aromatic N) is 1. The molecule has 0 N–H and O–H groups in total. The van der Waals surface area contributed by atoms with Gasteiger partial charge in [0, 0.05) is 13.1 Å². The molecule has 1 aliphatic heterocycles. The number of Topliss-reactive ketones (excluding diaryl/α,β-unsaturated/α-hetero) is 1. The largest absolute Gasteiger partial charge is 0.457 e. The van der Waals surface area contributed by atoms with Crippen molar-refractivity contribution < 1.29 is 14.3 Å². The fourth-order valence-corrected chi connectivity index (χ4v) is 3.57. The fraction of sp³-hybridized carbons (Fsp3) is 0.846. The summed E-state index contributed by atoms with van der Waals surface area (Å²) < 4.78 is 7.55. The zero-order valence-corrected chi connectivity index (χ0v) is 12.2. The Labute approximate surface area is 110 Å². The number of esters is 1. The molecule has 0 aromatic carbocycles. The molecule has 0 aromatic rings. The van der Waals surface area contributed by atoms with Gasteiger partial charge in [-0.15, -0.1) is 0 Å². The first kappa shape index (κ1) is 14.0. The molecule has 2 rings (SSSR count). The summed E-state index contributed by atoms with van der Waals surface area (Å²) in [6.07, 6.45) is 4.46. The second-order valence-corrected chi connectivity index (χ2v) is 7.44. The van der Waals surface area contributed by atoms with Gasteiger partial charge in [-0.1, -0.05) is 0 Å². The summed E-state index contributed by atoms with van der Waals surface area (Å²) in [6, 6.07) is 0. The van der Waals surface area contributed by atoms with Crippen LogP contribution >= 0.6 is 8.73 Å². The zero-order chi connectivity index (χ0) is 13.2. The highest BCUT2D eigenvalue weighted by Gasteiger charge is 2.39. The van der Waals surface area contributed by atoms with Crippen LogP contribution in [0.5, 0.6) is 0 Å². The van der Waals surface area contributed by atoms with Gasteiger partial charge in [-0.2, -0.15) is 0 Å². The first-order chi connectivity index (χ1) is 8.49. The van der Waals surface area contributed by atoms with Crippen LogP contribution in [0.25, 0.3) is 0 Å². The molecular weight excluding hydrogens is 249 g/mol. The highest BCUT2D eigenvalue weighted by Crippen LogP contribution is 2.44. The van der Waals surface area contributed by atoms with Crippen LogP contribution in [0.3, 0.4) is 0 Å². The average molecular weight is 271 g/mol. The lowest BCUT2D eigenvalue weighted by molar-refractivity contribution is -0.159. The van der Waals surface area contributed by atoms with Gasteiger partial charge < -0.3 is 4.74 Å². The molecule has 1 atom stereocenters. The molecule has 1 saturated carbocycles. The molecular formula is C13H22NO3P. The normalized spacial score (nSPS) is 24.3. The van der Waals surface area contributed by atoms with E-state index in [2.05, 4.69) is 4.67 Å². The molecule has 1 saturated heterocycles. The van der Waals surface area contributed by atoms with Gasteiger partial charge in [0.2, 0.25) is 0 Å². The Hall–Kier alpha value is -0.470. The maximum atomic E-state index is 12.0. The van der Waals surface area contributed by atoms with E-state index < -0.39 is 0 Å². The van der Waals surface area contributed by atoms with Gasteiger partial charge >= 0.3 is 5.97 Å². The quantitative estimate of drug-likeness (QED) is 0.566. The van der Waals surface area contributed by atoms with Gasteiger partial charge in [0.15, 0.2) is 5.78 Å². The molecule has 0 amide bonds. The van der Waals surface area contributed by atoms with Crippen molar-refractivity contribution in [3.63, 3.8) is 0 Å². The summed E-state index contributed by atoms with van der Waals surface area (Å²) in [6.45, 7) is 5.30. The highest BCUT2D eigenvalue weighted by atomic mass is 31.1. The Morgan fingerprint density at radius 1 is 1.33 bits per heavy atom. The van der Waals surface area contributed by atoms with Crippen LogP contribution in [-0.2, 0) is 14.3 Å². The number of ether oxygens (including phenoxy) is 1. The maximum absolute atomic E-state index is 12.0. The SMILES string of the molecule is CC(=O)COC(=O)C1(C)CCN(PC2CC2)CC1. The van der Waals surface area contributed by atoms with Gasteiger partial charge in [0.05, 0.1) is 5.41 Å². The van der Waals surface area contributed by atoms with Gasteiger partial charge in [0.25, 0.3) is 0 Å². The third-order valence-electron chi connectivity index (χ3n) is 3.71. The van der Waals surface area contributed by atoms with Crippen molar-refractivity contribution in [2.75, 3.05) is 19.7 Å². The third kappa shape index (κ3) is 3.76. The average Bonchev–Trinajstić information content (AvgIpc) is 3.13. The molecule has 0 aromatic heterocycles. The van der Waals surface area contributed by atoms with E-state index in [0.29, 0.717) is 0 Å². The predicted molar refractivity (Wildman–Crippen MR) is 71.9 cm³/mol. The van der Waals surface area contributed by atoms with Crippen LogP contribution in [0, 0.1) is 5.41 Å². The topological polar surface area (TPSA) is 46.6 Å². The summed E-state index contributed by atoms with van der Waals surface area (Å²) in [5.74, 6) is -0.299. The minimum Gasteiger partial charge on any atom is -0.457 e. The molecule has 102 valence electrons. The molecule has 0 radical (unpaired) electrons. The van der Waals surface area contributed by atoms with Crippen LogP contribution in [-0.4, -0.2) is 41.8 Å². The van der Waals surface area contributed by atoms with Gasteiger partial charge in [-0.05, 0) is 53.9 Å². The molecule has 0 bridgehead atoms. The van der Waals surface area contributed by atoms with Gasteiger partial charge in [-0.3, -0.25) is 14.3 Å². The molecule has 1 unspecified atom stereocenters. The van der Waals surface area contributed by atoms with E-state index in [0.717, 1.165) is 40.3 Å². The molecule has 0 spiro atoms. The van der Waals surface area contributed by atoms with Crippen molar-refractivity contribution in [1.29, 1.82) is 0 Å². The summed E-state index contributed by atoms with van der Waals surface area (Å²) >= 11 is 0. The Balaban J connectivity index is 1.77. The number of carbonyl (C=O) groups excluding carboxylic acids is 2. The van der Waals surface area contributed by atoms with E-state index in [1.165, 1.54) is 19.8 Å². The van der Waals surface area contributed by atoms with E-state index in [-0.39, 0.29) is 23.8 Å². The number of ketones is 1. The lowest BCUT2D eigenvalue weighted by Gasteiger charge is -2.37. The second kappa shape index (κ2) is 5.66. The molecule has 5 heteroatoms. The fourth-order valence-electron chi connectivity index (χ4n) is 2.15. The highest BCUT2D eigenvalue weighted by molar-refractivity contribution is 7.36. The first-order valence-corrected chi connectivity index (χ1v) is 7.70. The van der Waals surface area contributed by atoms with E-state index in [4.69, 9.17) is 4.74 Å². The molecule has 2 aliphatic rings. The summed E-state index contributed by atoms with van der Waals surface area (Å²) in [5, 5.41) is 0. The van der Waals surface area contributed by atoms with Crippen LogP contribution in [0.4, 0.5) is 0 Å². The summed E-state index contributed by atoms with van der Waals surface area (Å²) in [5.41, 5.74) is 0.541. The molecule has 1 aliphatic carbocycles. The lowest BCUT2D eigenvalue weighted by Crippen LogP contribution is -2.41. The minimum absolute atomic E-state index is 0.0814. The second-order valence-electron chi connectivity index (χ2n) is 5.73. The monoisotopic (exact) mass is 271 g/mol. The van der Waals surface area contributed by atoms with E-state index >= 15 is 0 Å². The van der Waals surface area contributed by atoms with Crippen molar-refractivity contribution >= 4 is 20.5 Å². The molecule has 4 nitrogen and oxygen atoms in total. The Morgan fingerprint density at radius 2 is 1.94 bits per heavy atom. The van der Waals surface area contributed by atoms with Gasteiger partial charge in [0.1, 0.15) is 6.61 Å². The third-order valence-corrected chi connectivity index (χ3v) is 5.46. The van der Waals surface area contributed by atoms with Crippen LogP contribution in [0.15, 0.2) is 0 Å². The molecule has 1 heterocycles. The Bertz CT molecular complexity index is 333. The van der Waals surface area contributed by atoms with Gasteiger partial charge in [-0.25, -0.2) is 0 Å². The number of rotatable bonds is 5. The number of carbonyl (C=O) groups is 2. The predicted octanol–water partition coefficient (Wildman–Crippen LogP) is 1.98. The van der Waals surface area contributed by atoms with Crippen LogP contribution < -0.4 is 0 Å². The maximum Gasteiger partial charge on any atom is 0.312 e. The lowest BCUT2D eigenvalue weighted by atomic mass is 9.81. The molecule has 18 heavy (non-hydrogen) atoms. The number of hydrogen-bond donors (Lipinski definition) is 0. The minimum atomic E-state index is -0.389. The Morgan fingerprint density at radius 3 is 2.44 bits per heavy atom. The summed E-state index contributed by atoms with van der Waals surface area (Å²) in [7, 11) is 0.943. The van der Waals surface area contributed by atoms with Crippen LogP contribution in [0.2, 0.25) is 0 Å². The standard InChI is InChI=1S/C13H22NO3P/c1-10(15)9-17-12(16)13(2)5-7-14(8-6-13)18-11-3-4-11/h11,18H,3-9H2,1-2H3. The smallest absolute Gasteiger partial charge is 0.312 e. The van der Waals surface area contributed by atoms with E-state index in [9.17, 15) is 9.59 Å². The van der Waals surface area contributed by atoms with E-state index in [1.54, 1.807) is 0 Å². The van der Waals surface area contributed by atoms with Crippen molar-refractivity contribution in [2.45, 2.75) is 45.2 Å². The van der Waals surface area contributed by atoms with Crippen molar-refractivity contribution in [2.24, 2.45) is 5.41 Å². The first-order valence-electron chi connectivity index (χ1n) is 6.67. The zero-order valence-electron chi connectivity index (χ0n) is 11.2. The van der Waals surface area contributed by atoms with Crippen LogP contribution in [0.1, 0.15) is 39.5 Å². The molecule has 2 fully saturated rings. The number of hydrogen-bond acceptors (Lipinski definition) is 4.